The number of ether oxygens (including phenoxy) is 2. The first kappa shape index (κ1) is 10.3. The van der Waals surface area contributed by atoms with Gasteiger partial charge in [0.1, 0.15) is 17.6 Å². The molecule has 1 aromatic carbocycles. The molecule has 1 N–H and O–H groups in total. The van der Waals surface area contributed by atoms with Crippen LogP contribution in [0.2, 0.25) is 0 Å². The standard InChI is InChI=1S/C12H17NO2/c1-2-14-10-3-5-11(6-4-10)15-12-7-8-13-9-12/h3-6,12-13H,2,7-9H2,1H3. The molecule has 0 saturated carbocycles. The minimum Gasteiger partial charge on any atom is -0.494 e. The highest BCUT2D eigenvalue weighted by molar-refractivity contribution is 5.31. The Morgan fingerprint density at radius 1 is 1.27 bits per heavy atom. The molecule has 0 aliphatic carbocycles. The summed E-state index contributed by atoms with van der Waals surface area (Å²) in [7, 11) is 0. The van der Waals surface area contributed by atoms with E-state index in [0.29, 0.717) is 12.7 Å². The van der Waals surface area contributed by atoms with Gasteiger partial charge in [0.05, 0.1) is 6.61 Å². The largest absolute Gasteiger partial charge is 0.494 e. The molecular weight excluding hydrogens is 190 g/mol. The molecule has 0 bridgehead atoms. The van der Waals surface area contributed by atoms with E-state index in [1.807, 2.05) is 31.2 Å². The summed E-state index contributed by atoms with van der Waals surface area (Å²) < 4.78 is 11.2. The lowest BCUT2D eigenvalue weighted by molar-refractivity contribution is 0.222. The van der Waals surface area contributed by atoms with E-state index in [9.17, 15) is 0 Å². The molecular formula is C12H17NO2. The monoisotopic (exact) mass is 207 g/mol. The summed E-state index contributed by atoms with van der Waals surface area (Å²) in [5.41, 5.74) is 0. The van der Waals surface area contributed by atoms with Crippen LogP contribution in [0.15, 0.2) is 24.3 Å². The third kappa shape index (κ3) is 2.86. The van der Waals surface area contributed by atoms with Crippen molar-refractivity contribution in [2.24, 2.45) is 0 Å². The Kier molecular flexibility index (Phi) is 3.45. The van der Waals surface area contributed by atoms with Crippen LogP contribution in [-0.4, -0.2) is 25.8 Å². The summed E-state index contributed by atoms with van der Waals surface area (Å²) in [4.78, 5) is 0. The molecule has 2 rings (SSSR count). The van der Waals surface area contributed by atoms with Crippen LogP contribution in [0.4, 0.5) is 0 Å². The second-order valence-electron chi connectivity index (χ2n) is 3.64. The van der Waals surface area contributed by atoms with Gasteiger partial charge >= 0.3 is 0 Å². The van der Waals surface area contributed by atoms with Crippen molar-refractivity contribution in [1.29, 1.82) is 0 Å². The van der Waals surface area contributed by atoms with E-state index in [1.165, 1.54) is 0 Å². The first-order valence-electron chi connectivity index (χ1n) is 5.48. The molecule has 1 aliphatic heterocycles. The van der Waals surface area contributed by atoms with Gasteiger partial charge in [-0.2, -0.15) is 0 Å². The molecule has 1 atom stereocenters. The second kappa shape index (κ2) is 5.03. The van der Waals surface area contributed by atoms with Crippen LogP contribution in [0, 0.1) is 0 Å². The first-order chi connectivity index (χ1) is 7.38. The molecule has 1 heterocycles. The van der Waals surface area contributed by atoms with Gasteiger partial charge < -0.3 is 14.8 Å². The topological polar surface area (TPSA) is 30.5 Å². The number of nitrogens with one attached hydrogen (secondary N) is 1. The van der Waals surface area contributed by atoms with Crippen LogP contribution in [-0.2, 0) is 0 Å². The van der Waals surface area contributed by atoms with Gasteiger partial charge in [-0.3, -0.25) is 0 Å². The predicted octanol–water partition coefficient (Wildman–Crippen LogP) is 1.83. The van der Waals surface area contributed by atoms with Gasteiger partial charge in [0, 0.05) is 6.54 Å². The Morgan fingerprint density at radius 2 is 2.00 bits per heavy atom. The summed E-state index contributed by atoms with van der Waals surface area (Å²) in [6.07, 6.45) is 1.41. The summed E-state index contributed by atoms with van der Waals surface area (Å²) >= 11 is 0. The van der Waals surface area contributed by atoms with E-state index >= 15 is 0 Å². The van der Waals surface area contributed by atoms with Crippen LogP contribution < -0.4 is 14.8 Å². The van der Waals surface area contributed by atoms with Crippen molar-refractivity contribution in [3.8, 4) is 11.5 Å². The van der Waals surface area contributed by atoms with Gasteiger partial charge in [0.25, 0.3) is 0 Å². The zero-order chi connectivity index (χ0) is 10.5. The molecule has 1 saturated heterocycles. The fourth-order valence-corrected chi connectivity index (χ4v) is 1.70. The highest BCUT2D eigenvalue weighted by Gasteiger charge is 2.15. The van der Waals surface area contributed by atoms with Gasteiger partial charge in [-0.15, -0.1) is 0 Å². The molecule has 0 amide bonds. The smallest absolute Gasteiger partial charge is 0.120 e. The van der Waals surface area contributed by atoms with Crippen molar-refractivity contribution in [3.63, 3.8) is 0 Å². The zero-order valence-corrected chi connectivity index (χ0v) is 9.03. The molecule has 1 unspecified atom stereocenters. The molecule has 3 nitrogen and oxygen atoms in total. The molecule has 82 valence electrons. The van der Waals surface area contributed by atoms with Gasteiger partial charge in [0.2, 0.25) is 0 Å². The SMILES string of the molecule is CCOc1ccc(OC2CCNC2)cc1. The molecule has 15 heavy (non-hydrogen) atoms. The Hall–Kier alpha value is -1.22. The van der Waals surface area contributed by atoms with E-state index in [4.69, 9.17) is 9.47 Å². The Labute approximate surface area is 90.4 Å². The van der Waals surface area contributed by atoms with E-state index in [1.54, 1.807) is 0 Å². The lowest BCUT2D eigenvalue weighted by atomic mass is 10.3. The van der Waals surface area contributed by atoms with Crippen molar-refractivity contribution >= 4 is 0 Å². The molecule has 1 fully saturated rings. The summed E-state index contributed by atoms with van der Waals surface area (Å²) in [5, 5.41) is 3.27. The number of benzene rings is 1. The predicted molar refractivity (Wildman–Crippen MR) is 59.5 cm³/mol. The quantitative estimate of drug-likeness (QED) is 0.817. The van der Waals surface area contributed by atoms with Crippen LogP contribution in [0.25, 0.3) is 0 Å². The molecule has 0 spiro atoms. The maximum atomic E-state index is 5.79. The summed E-state index contributed by atoms with van der Waals surface area (Å²) in [6.45, 7) is 4.69. The third-order valence-corrected chi connectivity index (χ3v) is 2.45. The maximum absolute atomic E-state index is 5.79. The average molecular weight is 207 g/mol. The zero-order valence-electron chi connectivity index (χ0n) is 9.03. The van der Waals surface area contributed by atoms with Crippen LogP contribution >= 0.6 is 0 Å². The van der Waals surface area contributed by atoms with Gasteiger partial charge in [-0.25, -0.2) is 0 Å². The number of hydrogen-bond donors (Lipinski definition) is 1. The molecule has 0 aromatic heterocycles. The molecule has 3 heteroatoms. The molecule has 1 aliphatic rings. The van der Waals surface area contributed by atoms with Gasteiger partial charge in [-0.1, -0.05) is 0 Å². The summed E-state index contributed by atoms with van der Waals surface area (Å²) in [6, 6.07) is 7.81. The van der Waals surface area contributed by atoms with Crippen molar-refractivity contribution in [1.82, 2.24) is 5.32 Å². The minimum absolute atomic E-state index is 0.322. The van der Waals surface area contributed by atoms with E-state index in [-0.39, 0.29) is 0 Å². The third-order valence-electron chi connectivity index (χ3n) is 2.45. The minimum atomic E-state index is 0.322. The van der Waals surface area contributed by atoms with Crippen molar-refractivity contribution in [3.05, 3.63) is 24.3 Å². The summed E-state index contributed by atoms with van der Waals surface area (Å²) in [5.74, 6) is 1.82. The lowest BCUT2D eigenvalue weighted by Gasteiger charge is -2.12. The Morgan fingerprint density at radius 3 is 2.60 bits per heavy atom. The number of rotatable bonds is 4. The highest BCUT2D eigenvalue weighted by Crippen LogP contribution is 2.19. The Balaban J connectivity index is 1.91. The lowest BCUT2D eigenvalue weighted by Crippen LogP contribution is -2.19. The van der Waals surface area contributed by atoms with Crippen molar-refractivity contribution in [2.75, 3.05) is 19.7 Å². The van der Waals surface area contributed by atoms with Crippen LogP contribution in [0.3, 0.4) is 0 Å². The fraction of sp³-hybridized carbons (Fsp3) is 0.500. The highest BCUT2D eigenvalue weighted by atomic mass is 16.5. The maximum Gasteiger partial charge on any atom is 0.120 e. The average Bonchev–Trinajstić information content (AvgIpc) is 2.74. The van der Waals surface area contributed by atoms with Gasteiger partial charge in [-0.05, 0) is 44.2 Å². The molecule has 0 radical (unpaired) electrons. The normalized spacial score (nSPS) is 20.2. The second-order valence-corrected chi connectivity index (χ2v) is 3.64. The molecule has 1 aromatic rings. The van der Waals surface area contributed by atoms with E-state index in [0.717, 1.165) is 31.0 Å². The van der Waals surface area contributed by atoms with Crippen LogP contribution in [0.5, 0.6) is 11.5 Å². The number of hydrogen-bond acceptors (Lipinski definition) is 3. The van der Waals surface area contributed by atoms with E-state index < -0.39 is 0 Å². The van der Waals surface area contributed by atoms with Crippen LogP contribution in [0.1, 0.15) is 13.3 Å². The van der Waals surface area contributed by atoms with Gasteiger partial charge in [0.15, 0.2) is 0 Å². The Bertz CT molecular complexity index is 291. The van der Waals surface area contributed by atoms with Crippen molar-refractivity contribution < 1.29 is 9.47 Å². The van der Waals surface area contributed by atoms with Crippen molar-refractivity contribution in [2.45, 2.75) is 19.4 Å². The fourth-order valence-electron chi connectivity index (χ4n) is 1.70. The first-order valence-corrected chi connectivity index (χ1v) is 5.48. The van der Waals surface area contributed by atoms with E-state index in [2.05, 4.69) is 5.32 Å².